The second kappa shape index (κ2) is 4.30. The Hall–Kier alpha value is -0.770. The van der Waals surface area contributed by atoms with Crippen LogP contribution in [-0.4, -0.2) is 44.2 Å². The van der Waals surface area contributed by atoms with Crippen LogP contribution in [0, 0.1) is 0 Å². The summed E-state index contributed by atoms with van der Waals surface area (Å²) in [5.74, 6) is 0. The predicted octanol–water partition coefficient (Wildman–Crippen LogP) is 0.00960. The molecule has 0 heterocycles. The van der Waals surface area contributed by atoms with E-state index in [9.17, 15) is 4.79 Å². The molecule has 0 aromatic rings. The first-order chi connectivity index (χ1) is 5.70. The van der Waals surface area contributed by atoms with Gasteiger partial charge in [-0.3, -0.25) is 0 Å². The zero-order valence-corrected chi connectivity index (χ0v) is 7.76. The maximum absolute atomic E-state index is 11.0. The molecular formula is C8H17N3O. The largest absolute Gasteiger partial charge is 0.337 e. The molecule has 1 saturated carbocycles. The average molecular weight is 171 g/mol. The smallest absolute Gasteiger partial charge is 0.316 e. The van der Waals surface area contributed by atoms with Gasteiger partial charge in [0.15, 0.2) is 0 Å². The van der Waals surface area contributed by atoms with Crippen LogP contribution in [0.5, 0.6) is 0 Å². The van der Waals surface area contributed by atoms with Crippen LogP contribution in [0.15, 0.2) is 0 Å². The first-order valence-corrected chi connectivity index (χ1v) is 4.38. The van der Waals surface area contributed by atoms with E-state index in [-0.39, 0.29) is 6.03 Å². The van der Waals surface area contributed by atoms with Gasteiger partial charge < -0.3 is 15.5 Å². The van der Waals surface area contributed by atoms with Gasteiger partial charge in [0, 0.05) is 33.2 Å². The Morgan fingerprint density at radius 2 is 2.08 bits per heavy atom. The van der Waals surface area contributed by atoms with Crippen LogP contribution < -0.4 is 10.6 Å². The number of hydrogen-bond donors (Lipinski definition) is 2. The summed E-state index contributed by atoms with van der Waals surface area (Å²) in [6.07, 6.45) is 2.59. The van der Waals surface area contributed by atoms with Crippen molar-refractivity contribution in [2.75, 3.05) is 27.2 Å². The van der Waals surface area contributed by atoms with Crippen LogP contribution in [0.1, 0.15) is 12.8 Å². The lowest BCUT2D eigenvalue weighted by Gasteiger charge is -2.11. The van der Waals surface area contributed by atoms with Crippen molar-refractivity contribution in [3.63, 3.8) is 0 Å². The molecule has 0 saturated heterocycles. The zero-order valence-electron chi connectivity index (χ0n) is 7.76. The SMILES string of the molecule is CN(C)C(=O)NCCNC1CC1. The molecule has 1 fully saturated rings. The third-order valence-electron chi connectivity index (χ3n) is 1.82. The number of urea groups is 1. The topological polar surface area (TPSA) is 44.4 Å². The molecule has 0 unspecified atom stereocenters. The lowest BCUT2D eigenvalue weighted by Crippen LogP contribution is -2.38. The monoisotopic (exact) mass is 171 g/mol. The summed E-state index contributed by atoms with van der Waals surface area (Å²) in [6, 6.07) is 0.703. The molecule has 0 aromatic heterocycles. The average Bonchev–Trinajstić information content (AvgIpc) is 2.80. The van der Waals surface area contributed by atoms with E-state index in [1.54, 1.807) is 14.1 Å². The number of nitrogens with zero attached hydrogens (tertiary/aromatic N) is 1. The summed E-state index contributed by atoms with van der Waals surface area (Å²) in [4.78, 5) is 12.5. The highest BCUT2D eigenvalue weighted by molar-refractivity contribution is 5.73. The van der Waals surface area contributed by atoms with E-state index in [2.05, 4.69) is 10.6 Å². The molecule has 0 bridgehead atoms. The molecule has 0 radical (unpaired) electrons. The standard InChI is InChI=1S/C8H17N3O/c1-11(2)8(12)10-6-5-9-7-3-4-7/h7,9H,3-6H2,1-2H3,(H,10,12). The van der Waals surface area contributed by atoms with Crippen LogP contribution in [0.4, 0.5) is 4.79 Å². The molecule has 0 spiro atoms. The van der Waals surface area contributed by atoms with E-state index in [4.69, 9.17) is 0 Å². The molecule has 0 aromatic carbocycles. The molecule has 4 nitrogen and oxygen atoms in total. The van der Waals surface area contributed by atoms with Crippen molar-refractivity contribution in [3.05, 3.63) is 0 Å². The van der Waals surface area contributed by atoms with Gasteiger partial charge in [-0.05, 0) is 12.8 Å². The quantitative estimate of drug-likeness (QED) is 0.585. The maximum Gasteiger partial charge on any atom is 0.316 e. The minimum Gasteiger partial charge on any atom is -0.337 e. The highest BCUT2D eigenvalue weighted by Gasteiger charge is 2.19. The third kappa shape index (κ3) is 3.57. The molecule has 1 rings (SSSR count). The van der Waals surface area contributed by atoms with Gasteiger partial charge in [0.25, 0.3) is 0 Å². The fourth-order valence-electron chi connectivity index (χ4n) is 0.891. The third-order valence-corrected chi connectivity index (χ3v) is 1.82. The van der Waals surface area contributed by atoms with Crippen molar-refractivity contribution >= 4 is 6.03 Å². The first-order valence-electron chi connectivity index (χ1n) is 4.38. The normalized spacial score (nSPS) is 15.8. The van der Waals surface area contributed by atoms with E-state index in [0.717, 1.165) is 12.6 Å². The maximum atomic E-state index is 11.0. The van der Waals surface area contributed by atoms with Crippen molar-refractivity contribution < 1.29 is 4.79 Å². The van der Waals surface area contributed by atoms with Gasteiger partial charge in [-0.15, -0.1) is 0 Å². The highest BCUT2D eigenvalue weighted by atomic mass is 16.2. The number of hydrogen-bond acceptors (Lipinski definition) is 2. The fraction of sp³-hybridized carbons (Fsp3) is 0.875. The van der Waals surface area contributed by atoms with Crippen LogP contribution >= 0.6 is 0 Å². The Kier molecular flexibility index (Phi) is 3.34. The van der Waals surface area contributed by atoms with Crippen LogP contribution in [-0.2, 0) is 0 Å². The first kappa shape index (κ1) is 9.32. The number of carbonyl (C=O) groups excluding carboxylic acids is 1. The summed E-state index contributed by atoms with van der Waals surface area (Å²) < 4.78 is 0. The fourth-order valence-corrected chi connectivity index (χ4v) is 0.891. The van der Waals surface area contributed by atoms with E-state index in [1.165, 1.54) is 17.7 Å². The summed E-state index contributed by atoms with van der Waals surface area (Å²) in [6.45, 7) is 1.60. The van der Waals surface area contributed by atoms with Crippen LogP contribution in [0.2, 0.25) is 0 Å². The molecule has 4 heteroatoms. The minimum absolute atomic E-state index is 0.0207. The highest BCUT2D eigenvalue weighted by Crippen LogP contribution is 2.17. The van der Waals surface area contributed by atoms with E-state index < -0.39 is 0 Å². The molecule has 70 valence electrons. The van der Waals surface area contributed by atoms with Crippen LogP contribution in [0.3, 0.4) is 0 Å². The molecule has 1 aliphatic carbocycles. The van der Waals surface area contributed by atoms with Gasteiger partial charge in [-0.25, -0.2) is 4.79 Å². The Balaban J connectivity index is 1.90. The van der Waals surface area contributed by atoms with Crippen molar-refractivity contribution in [1.82, 2.24) is 15.5 Å². The van der Waals surface area contributed by atoms with Crippen molar-refractivity contribution in [2.45, 2.75) is 18.9 Å². The number of nitrogens with one attached hydrogen (secondary N) is 2. The van der Waals surface area contributed by atoms with Gasteiger partial charge >= 0.3 is 6.03 Å². The second-order valence-corrected chi connectivity index (χ2v) is 3.35. The van der Waals surface area contributed by atoms with Gasteiger partial charge in [-0.2, -0.15) is 0 Å². The van der Waals surface area contributed by atoms with E-state index in [1.807, 2.05) is 0 Å². The van der Waals surface area contributed by atoms with Crippen molar-refractivity contribution in [3.8, 4) is 0 Å². The molecular weight excluding hydrogens is 154 g/mol. The van der Waals surface area contributed by atoms with Gasteiger partial charge in [0.05, 0.1) is 0 Å². The Morgan fingerprint density at radius 1 is 1.42 bits per heavy atom. The lowest BCUT2D eigenvalue weighted by molar-refractivity contribution is 0.217. The summed E-state index contributed by atoms with van der Waals surface area (Å²) in [5.41, 5.74) is 0. The molecule has 2 amide bonds. The van der Waals surface area contributed by atoms with Gasteiger partial charge in [-0.1, -0.05) is 0 Å². The zero-order chi connectivity index (χ0) is 8.97. The second-order valence-electron chi connectivity index (χ2n) is 3.35. The Bertz CT molecular complexity index is 154. The summed E-state index contributed by atoms with van der Waals surface area (Å²) in [5, 5.41) is 6.11. The minimum atomic E-state index is -0.0207. The number of carbonyl (C=O) groups is 1. The molecule has 1 aliphatic rings. The van der Waals surface area contributed by atoms with E-state index in [0.29, 0.717) is 6.54 Å². The number of rotatable bonds is 4. The Morgan fingerprint density at radius 3 is 2.58 bits per heavy atom. The molecule has 2 N–H and O–H groups in total. The molecule has 12 heavy (non-hydrogen) atoms. The molecule has 0 aliphatic heterocycles. The summed E-state index contributed by atoms with van der Waals surface area (Å²) >= 11 is 0. The van der Waals surface area contributed by atoms with Gasteiger partial charge in [0.2, 0.25) is 0 Å². The Labute approximate surface area is 73.3 Å². The predicted molar refractivity (Wildman–Crippen MR) is 48.1 cm³/mol. The van der Waals surface area contributed by atoms with Gasteiger partial charge in [0.1, 0.15) is 0 Å². The van der Waals surface area contributed by atoms with Crippen molar-refractivity contribution in [1.29, 1.82) is 0 Å². The lowest BCUT2D eigenvalue weighted by atomic mass is 10.5. The number of amides is 2. The van der Waals surface area contributed by atoms with Crippen molar-refractivity contribution in [2.24, 2.45) is 0 Å². The summed E-state index contributed by atoms with van der Waals surface area (Å²) in [7, 11) is 3.48. The molecule has 0 atom stereocenters. The van der Waals surface area contributed by atoms with Crippen LogP contribution in [0.25, 0.3) is 0 Å². The van der Waals surface area contributed by atoms with E-state index >= 15 is 0 Å².